The van der Waals surface area contributed by atoms with Crippen LogP contribution in [0.15, 0.2) is 42.5 Å². The summed E-state index contributed by atoms with van der Waals surface area (Å²) in [6.07, 6.45) is 2.14. The van der Waals surface area contributed by atoms with E-state index in [-0.39, 0.29) is 17.8 Å². The molecule has 1 amide bonds. The van der Waals surface area contributed by atoms with Gasteiger partial charge < -0.3 is 14.4 Å². The molecule has 1 aliphatic heterocycles. The van der Waals surface area contributed by atoms with Gasteiger partial charge in [-0.15, -0.1) is 0 Å². The summed E-state index contributed by atoms with van der Waals surface area (Å²) in [5, 5.41) is 0. The molecule has 1 heterocycles. The molecule has 0 bridgehead atoms. The Hall–Kier alpha value is -2.56. The molecular weight excluding hydrogens is 321 g/mol. The molecule has 1 fully saturated rings. The second-order valence-corrected chi connectivity index (χ2v) is 6.23. The molecule has 2 aromatic rings. The Balaban J connectivity index is 1.74. The Labute approximate surface area is 147 Å². The monoisotopic (exact) mass is 343 g/mol. The fourth-order valence-corrected chi connectivity index (χ4v) is 3.29. The van der Waals surface area contributed by atoms with Gasteiger partial charge in [-0.25, -0.2) is 4.39 Å². The summed E-state index contributed by atoms with van der Waals surface area (Å²) in [6, 6.07) is 12.3. The standard InChI is InChI=1S/C20H22FNO3/c1-24-18-9-5-15(12-19(18)25-2)11-17-8-10-20(23)22(17)13-14-3-6-16(21)7-4-14/h3-7,9,12,17H,8,10-11,13H2,1-2H3/t17-/m0/s1. The highest BCUT2D eigenvalue weighted by atomic mass is 19.1. The SMILES string of the molecule is COc1ccc(C[C@@H]2CCC(=O)N2Cc2ccc(F)cc2)cc1OC. The van der Waals surface area contributed by atoms with Crippen LogP contribution in [-0.4, -0.2) is 31.1 Å². The van der Waals surface area contributed by atoms with Gasteiger partial charge in [-0.3, -0.25) is 4.79 Å². The maximum atomic E-state index is 13.1. The molecule has 0 N–H and O–H groups in total. The van der Waals surface area contributed by atoms with Crippen molar-refractivity contribution in [3.63, 3.8) is 0 Å². The van der Waals surface area contributed by atoms with Crippen LogP contribution in [0.5, 0.6) is 11.5 Å². The van der Waals surface area contributed by atoms with Gasteiger partial charge in [-0.1, -0.05) is 18.2 Å². The topological polar surface area (TPSA) is 38.8 Å². The maximum Gasteiger partial charge on any atom is 0.223 e. The van der Waals surface area contributed by atoms with Crippen molar-refractivity contribution in [3.8, 4) is 11.5 Å². The number of ether oxygens (including phenoxy) is 2. The average Bonchev–Trinajstić information content (AvgIpc) is 2.96. The minimum Gasteiger partial charge on any atom is -0.493 e. The van der Waals surface area contributed by atoms with Crippen molar-refractivity contribution in [2.24, 2.45) is 0 Å². The summed E-state index contributed by atoms with van der Waals surface area (Å²) >= 11 is 0. The maximum absolute atomic E-state index is 13.1. The average molecular weight is 343 g/mol. The van der Waals surface area contributed by atoms with Crippen molar-refractivity contribution in [2.75, 3.05) is 14.2 Å². The second kappa shape index (κ2) is 7.55. The van der Waals surface area contributed by atoms with Gasteiger partial charge in [0, 0.05) is 19.0 Å². The molecule has 1 aliphatic rings. The van der Waals surface area contributed by atoms with Crippen LogP contribution in [0.2, 0.25) is 0 Å². The fourth-order valence-electron chi connectivity index (χ4n) is 3.29. The van der Waals surface area contributed by atoms with Crippen molar-refractivity contribution < 1.29 is 18.7 Å². The molecule has 2 aromatic carbocycles. The van der Waals surface area contributed by atoms with Gasteiger partial charge in [0.15, 0.2) is 11.5 Å². The number of methoxy groups -OCH3 is 2. The summed E-state index contributed by atoms with van der Waals surface area (Å²) in [4.78, 5) is 14.2. The number of halogens is 1. The van der Waals surface area contributed by atoms with Gasteiger partial charge >= 0.3 is 0 Å². The molecule has 0 aromatic heterocycles. The van der Waals surface area contributed by atoms with Crippen LogP contribution in [0.25, 0.3) is 0 Å². The minimum atomic E-state index is -0.265. The van der Waals surface area contributed by atoms with Crippen molar-refractivity contribution in [2.45, 2.75) is 31.8 Å². The van der Waals surface area contributed by atoms with E-state index < -0.39 is 0 Å². The number of hydrogen-bond acceptors (Lipinski definition) is 3. The van der Waals surface area contributed by atoms with E-state index in [1.807, 2.05) is 23.1 Å². The number of hydrogen-bond donors (Lipinski definition) is 0. The van der Waals surface area contributed by atoms with E-state index >= 15 is 0 Å². The summed E-state index contributed by atoms with van der Waals surface area (Å²) in [5.74, 6) is 1.26. The van der Waals surface area contributed by atoms with Crippen molar-refractivity contribution >= 4 is 5.91 Å². The second-order valence-electron chi connectivity index (χ2n) is 6.23. The van der Waals surface area contributed by atoms with Crippen molar-refractivity contribution in [1.82, 2.24) is 4.90 Å². The smallest absolute Gasteiger partial charge is 0.223 e. The van der Waals surface area contributed by atoms with E-state index in [2.05, 4.69) is 0 Å². The first-order chi connectivity index (χ1) is 12.1. The molecule has 0 saturated carbocycles. The van der Waals surface area contributed by atoms with Gasteiger partial charge in [0.05, 0.1) is 14.2 Å². The van der Waals surface area contributed by atoms with Crippen LogP contribution in [0.3, 0.4) is 0 Å². The van der Waals surface area contributed by atoms with Gasteiger partial charge in [0.25, 0.3) is 0 Å². The molecular formula is C20H22FNO3. The summed E-state index contributed by atoms with van der Waals surface area (Å²) in [6.45, 7) is 0.511. The highest BCUT2D eigenvalue weighted by Crippen LogP contribution is 2.30. The first-order valence-electron chi connectivity index (χ1n) is 8.35. The van der Waals surface area contributed by atoms with E-state index in [1.165, 1.54) is 12.1 Å². The van der Waals surface area contributed by atoms with E-state index in [9.17, 15) is 9.18 Å². The number of likely N-dealkylation sites (tertiary alicyclic amines) is 1. The zero-order valence-corrected chi connectivity index (χ0v) is 14.5. The highest BCUT2D eigenvalue weighted by molar-refractivity contribution is 5.78. The van der Waals surface area contributed by atoms with Crippen LogP contribution < -0.4 is 9.47 Å². The summed E-state index contributed by atoms with van der Waals surface area (Å²) in [5.41, 5.74) is 2.04. The largest absolute Gasteiger partial charge is 0.493 e. The number of carbonyl (C=O) groups excluding carboxylic acids is 1. The molecule has 132 valence electrons. The number of amides is 1. The molecule has 1 atom stereocenters. The van der Waals surface area contributed by atoms with Crippen LogP contribution in [0.1, 0.15) is 24.0 Å². The van der Waals surface area contributed by atoms with E-state index in [4.69, 9.17) is 9.47 Å². The molecule has 25 heavy (non-hydrogen) atoms. The summed E-state index contributed by atoms with van der Waals surface area (Å²) in [7, 11) is 3.22. The molecule has 0 spiro atoms. The Kier molecular flexibility index (Phi) is 5.22. The molecule has 4 nitrogen and oxygen atoms in total. The van der Waals surface area contributed by atoms with Crippen LogP contribution in [0, 0.1) is 5.82 Å². The molecule has 1 saturated heterocycles. The quantitative estimate of drug-likeness (QED) is 0.805. The number of benzene rings is 2. The zero-order chi connectivity index (χ0) is 17.8. The normalized spacial score (nSPS) is 17.0. The van der Waals surface area contributed by atoms with Gasteiger partial charge in [-0.2, -0.15) is 0 Å². The number of rotatable bonds is 6. The minimum absolute atomic E-state index is 0.135. The Morgan fingerprint density at radius 1 is 1.04 bits per heavy atom. The first-order valence-corrected chi connectivity index (χ1v) is 8.35. The lowest BCUT2D eigenvalue weighted by Gasteiger charge is -2.25. The van der Waals surface area contributed by atoms with Crippen LogP contribution >= 0.6 is 0 Å². The lowest BCUT2D eigenvalue weighted by Crippen LogP contribution is -2.33. The van der Waals surface area contributed by atoms with Crippen LogP contribution in [-0.2, 0) is 17.8 Å². The van der Waals surface area contributed by atoms with Gasteiger partial charge in [0.1, 0.15) is 5.82 Å². The summed E-state index contributed by atoms with van der Waals surface area (Å²) < 4.78 is 23.7. The third-order valence-corrected chi connectivity index (χ3v) is 4.64. The molecule has 5 heteroatoms. The predicted molar refractivity (Wildman–Crippen MR) is 93.2 cm³/mol. The Morgan fingerprint density at radius 2 is 1.72 bits per heavy atom. The zero-order valence-electron chi connectivity index (χ0n) is 14.5. The lowest BCUT2D eigenvalue weighted by molar-refractivity contribution is -0.129. The van der Waals surface area contributed by atoms with Crippen molar-refractivity contribution in [1.29, 1.82) is 0 Å². The van der Waals surface area contributed by atoms with E-state index in [0.717, 1.165) is 24.0 Å². The third-order valence-electron chi connectivity index (χ3n) is 4.64. The number of carbonyl (C=O) groups is 1. The van der Waals surface area contributed by atoms with E-state index in [1.54, 1.807) is 26.4 Å². The molecule has 0 unspecified atom stereocenters. The predicted octanol–water partition coefficient (Wildman–Crippen LogP) is 3.58. The molecule has 3 rings (SSSR count). The van der Waals surface area contributed by atoms with Gasteiger partial charge in [0.2, 0.25) is 5.91 Å². The van der Waals surface area contributed by atoms with E-state index in [0.29, 0.717) is 24.5 Å². The third kappa shape index (κ3) is 3.92. The number of nitrogens with zero attached hydrogens (tertiary/aromatic N) is 1. The fraction of sp³-hybridized carbons (Fsp3) is 0.350. The lowest BCUT2D eigenvalue weighted by atomic mass is 10.0. The van der Waals surface area contributed by atoms with Crippen molar-refractivity contribution in [3.05, 3.63) is 59.4 Å². The van der Waals surface area contributed by atoms with Crippen LogP contribution in [0.4, 0.5) is 4.39 Å². The highest BCUT2D eigenvalue weighted by Gasteiger charge is 2.31. The Morgan fingerprint density at radius 3 is 2.40 bits per heavy atom. The molecule has 0 aliphatic carbocycles. The molecule has 0 radical (unpaired) electrons. The Bertz CT molecular complexity index is 745. The van der Waals surface area contributed by atoms with Gasteiger partial charge in [-0.05, 0) is 48.2 Å². The first kappa shape index (κ1) is 17.3.